The molecule has 0 unspecified atom stereocenters. The summed E-state index contributed by atoms with van der Waals surface area (Å²) in [6.07, 6.45) is 5.21. The molecular formula is C15H15N5. The fraction of sp³-hybridized carbons (Fsp3) is 0.133. The number of hydrogen-bond acceptors (Lipinski definition) is 5. The Labute approximate surface area is 116 Å². The van der Waals surface area contributed by atoms with Crippen LogP contribution >= 0.6 is 0 Å². The third kappa shape index (κ3) is 2.38. The number of hydrogen-bond donors (Lipinski definition) is 2. The van der Waals surface area contributed by atoms with Crippen LogP contribution in [0.3, 0.4) is 0 Å². The lowest BCUT2D eigenvalue weighted by Gasteiger charge is -2.10. The SMILES string of the molecule is Cc1ccncc1CNc1ncnc2ccc(N)cc12. The molecule has 0 fully saturated rings. The average Bonchev–Trinajstić information content (AvgIpc) is 2.46. The van der Waals surface area contributed by atoms with Crippen LogP contribution in [0, 0.1) is 6.92 Å². The molecule has 0 saturated heterocycles. The molecule has 0 spiro atoms. The van der Waals surface area contributed by atoms with Crippen LogP contribution in [0.15, 0.2) is 43.0 Å². The first kappa shape index (κ1) is 12.3. The number of fused-ring (bicyclic) bond motifs is 1. The lowest BCUT2D eigenvalue weighted by molar-refractivity contribution is 1.06. The quantitative estimate of drug-likeness (QED) is 0.712. The minimum absolute atomic E-state index is 0.667. The Balaban J connectivity index is 1.91. The smallest absolute Gasteiger partial charge is 0.137 e. The fourth-order valence-corrected chi connectivity index (χ4v) is 2.08. The molecule has 0 bridgehead atoms. The maximum atomic E-state index is 5.83. The summed E-state index contributed by atoms with van der Waals surface area (Å²) in [4.78, 5) is 12.7. The summed E-state index contributed by atoms with van der Waals surface area (Å²) in [5.41, 5.74) is 9.75. The van der Waals surface area contributed by atoms with Crippen LogP contribution in [0.5, 0.6) is 0 Å². The molecule has 5 nitrogen and oxygen atoms in total. The fourth-order valence-electron chi connectivity index (χ4n) is 2.08. The van der Waals surface area contributed by atoms with E-state index < -0.39 is 0 Å². The van der Waals surface area contributed by atoms with E-state index in [0.717, 1.165) is 22.3 Å². The molecule has 3 rings (SSSR count). The summed E-state index contributed by atoms with van der Waals surface area (Å²) in [6.45, 7) is 2.73. The van der Waals surface area contributed by atoms with Crippen LogP contribution in [-0.2, 0) is 6.54 Å². The maximum Gasteiger partial charge on any atom is 0.137 e. The van der Waals surface area contributed by atoms with Crippen molar-refractivity contribution in [2.45, 2.75) is 13.5 Å². The highest BCUT2D eigenvalue weighted by Crippen LogP contribution is 2.22. The van der Waals surface area contributed by atoms with Gasteiger partial charge in [-0.1, -0.05) is 0 Å². The van der Waals surface area contributed by atoms with E-state index in [1.165, 1.54) is 5.56 Å². The predicted octanol–water partition coefficient (Wildman–Crippen LogP) is 2.53. The Morgan fingerprint density at radius 2 is 2.10 bits per heavy atom. The molecule has 0 radical (unpaired) electrons. The van der Waals surface area contributed by atoms with Crippen LogP contribution in [-0.4, -0.2) is 15.0 Å². The Morgan fingerprint density at radius 3 is 2.95 bits per heavy atom. The van der Waals surface area contributed by atoms with Crippen LogP contribution in [0.25, 0.3) is 10.9 Å². The highest BCUT2D eigenvalue weighted by Gasteiger charge is 2.05. The number of anilines is 2. The Hall–Kier alpha value is -2.69. The zero-order valence-electron chi connectivity index (χ0n) is 11.2. The van der Waals surface area contributed by atoms with E-state index in [9.17, 15) is 0 Å². The van der Waals surface area contributed by atoms with Crippen LogP contribution in [0.1, 0.15) is 11.1 Å². The predicted molar refractivity (Wildman–Crippen MR) is 80.3 cm³/mol. The maximum absolute atomic E-state index is 5.83. The summed E-state index contributed by atoms with van der Waals surface area (Å²) in [5, 5.41) is 4.25. The van der Waals surface area contributed by atoms with E-state index in [4.69, 9.17) is 5.73 Å². The zero-order valence-corrected chi connectivity index (χ0v) is 11.2. The van der Waals surface area contributed by atoms with Gasteiger partial charge in [-0.2, -0.15) is 0 Å². The van der Waals surface area contributed by atoms with Gasteiger partial charge in [-0.05, 0) is 42.3 Å². The zero-order chi connectivity index (χ0) is 13.9. The molecular weight excluding hydrogens is 250 g/mol. The van der Waals surface area contributed by atoms with Crippen LogP contribution < -0.4 is 11.1 Å². The molecule has 2 heterocycles. The molecule has 100 valence electrons. The third-order valence-corrected chi connectivity index (χ3v) is 3.25. The lowest BCUT2D eigenvalue weighted by Crippen LogP contribution is -2.04. The molecule has 2 aromatic heterocycles. The summed E-state index contributed by atoms with van der Waals surface area (Å²) >= 11 is 0. The Kier molecular flexibility index (Phi) is 3.16. The summed E-state index contributed by atoms with van der Waals surface area (Å²) in [5.74, 6) is 0.783. The number of rotatable bonds is 3. The van der Waals surface area contributed by atoms with Gasteiger partial charge in [0.2, 0.25) is 0 Å². The molecule has 0 aliphatic rings. The molecule has 0 saturated carbocycles. The molecule has 3 aromatic rings. The van der Waals surface area contributed by atoms with Gasteiger partial charge >= 0.3 is 0 Å². The number of nitrogens with one attached hydrogen (secondary N) is 1. The number of pyridine rings is 1. The molecule has 20 heavy (non-hydrogen) atoms. The lowest BCUT2D eigenvalue weighted by atomic mass is 10.1. The van der Waals surface area contributed by atoms with Gasteiger partial charge in [0.1, 0.15) is 12.1 Å². The monoisotopic (exact) mass is 265 g/mol. The summed E-state index contributed by atoms with van der Waals surface area (Å²) in [7, 11) is 0. The van der Waals surface area contributed by atoms with Crippen molar-refractivity contribution in [1.82, 2.24) is 15.0 Å². The molecule has 0 aliphatic heterocycles. The van der Waals surface area contributed by atoms with Gasteiger partial charge < -0.3 is 11.1 Å². The van der Waals surface area contributed by atoms with E-state index in [2.05, 4.69) is 27.2 Å². The Morgan fingerprint density at radius 1 is 1.20 bits per heavy atom. The number of nitrogen functional groups attached to an aromatic ring is 1. The molecule has 0 amide bonds. The van der Waals surface area contributed by atoms with E-state index >= 15 is 0 Å². The standard InChI is InChI=1S/C15H15N5/c1-10-4-5-17-7-11(10)8-18-15-13-6-12(16)2-3-14(13)19-9-20-15/h2-7,9H,8,16H2,1H3,(H,18,19,20). The largest absolute Gasteiger partial charge is 0.399 e. The first-order valence-corrected chi connectivity index (χ1v) is 6.37. The molecule has 0 aliphatic carbocycles. The van der Waals surface area contributed by atoms with Crippen molar-refractivity contribution < 1.29 is 0 Å². The first-order valence-electron chi connectivity index (χ1n) is 6.37. The number of benzene rings is 1. The second kappa shape index (κ2) is 5.13. The minimum atomic E-state index is 0.667. The Bertz CT molecular complexity index is 754. The van der Waals surface area contributed by atoms with Crippen LogP contribution in [0.4, 0.5) is 11.5 Å². The van der Waals surface area contributed by atoms with Gasteiger partial charge in [0.15, 0.2) is 0 Å². The number of aryl methyl sites for hydroxylation is 1. The van der Waals surface area contributed by atoms with E-state index in [1.54, 1.807) is 12.5 Å². The summed E-state index contributed by atoms with van der Waals surface area (Å²) in [6, 6.07) is 7.61. The van der Waals surface area contributed by atoms with Crippen molar-refractivity contribution in [2.24, 2.45) is 0 Å². The number of nitrogens with zero attached hydrogens (tertiary/aromatic N) is 3. The number of nitrogens with two attached hydrogens (primary N) is 1. The van der Waals surface area contributed by atoms with Gasteiger partial charge in [0.25, 0.3) is 0 Å². The van der Waals surface area contributed by atoms with Crippen molar-refractivity contribution in [3.63, 3.8) is 0 Å². The molecule has 5 heteroatoms. The van der Waals surface area contributed by atoms with Gasteiger partial charge in [-0.3, -0.25) is 4.98 Å². The van der Waals surface area contributed by atoms with Gasteiger partial charge in [-0.15, -0.1) is 0 Å². The molecule has 0 atom stereocenters. The normalized spacial score (nSPS) is 10.7. The van der Waals surface area contributed by atoms with Gasteiger partial charge in [-0.25, -0.2) is 9.97 Å². The second-order valence-electron chi connectivity index (χ2n) is 4.65. The van der Waals surface area contributed by atoms with Crippen molar-refractivity contribution in [2.75, 3.05) is 11.1 Å². The summed E-state index contributed by atoms with van der Waals surface area (Å²) < 4.78 is 0. The van der Waals surface area contributed by atoms with Gasteiger partial charge in [0.05, 0.1) is 5.52 Å². The van der Waals surface area contributed by atoms with Crippen molar-refractivity contribution in [3.05, 3.63) is 54.1 Å². The van der Waals surface area contributed by atoms with Gasteiger partial charge in [0, 0.05) is 30.0 Å². The van der Waals surface area contributed by atoms with E-state index in [0.29, 0.717) is 12.2 Å². The van der Waals surface area contributed by atoms with E-state index in [-0.39, 0.29) is 0 Å². The average molecular weight is 265 g/mol. The highest BCUT2D eigenvalue weighted by molar-refractivity contribution is 5.91. The molecule has 3 N–H and O–H groups in total. The first-order chi connectivity index (χ1) is 9.74. The minimum Gasteiger partial charge on any atom is -0.399 e. The van der Waals surface area contributed by atoms with Crippen LogP contribution in [0.2, 0.25) is 0 Å². The topological polar surface area (TPSA) is 76.7 Å². The second-order valence-corrected chi connectivity index (χ2v) is 4.65. The highest BCUT2D eigenvalue weighted by atomic mass is 15.0. The molecule has 1 aromatic carbocycles. The third-order valence-electron chi connectivity index (χ3n) is 3.25. The van der Waals surface area contributed by atoms with E-state index in [1.807, 2.05) is 30.5 Å². The van der Waals surface area contributed by atoms with Crippen molar-refractivity contribution in [1.29, 1.82) is 0 Å². The number of aromatic nitrogens is 3. The van der Waals surface area contributed by atoms with Crippen molar-refractivity contribution >= 4 is 22.4 Å². The van der Waals surface area contributed by atoms with Crippen molar-refractivity contribution in [3.8, 4) is 0 Å².